The molecule has 0 saturated carbocycles. The number of halogens is 1. The summed E-state index contributed by atoms with van der Waals surface area (Å²) in [7, 11) is -3.82. The molecular weight excluding hydrogens is 378 g/mol. The van der Waals surface area contributed by atoms with E-state index in [1.54, 1.807) is 37.3 Å². The molecule has 1 aromatic heterocycles. The molecule has 26 heavy (non-hydrogen) atoms. The maximum absolute atomic E-state index is 12.4. The van der Waals surface area contributed by atoms with E-state index in [0.29, 0.717) is 16.4 Å². The van der Waals surface area contributed by atoms with Crippen LogP contribution in [-0.4, -0.2) is 24.2 Å². The Bertz CT molecular complexity index is 1060. The monoisotopic (exact) mass is 391 g/mol. The maximum Gasteiger partial charge on any atom is 0.344 e. The Labute approximate surface area is 155 Å². The molecule has 0 spiro atoms. The van der Waals surface area contributed by atoms with Gasteiger partial charge in [-0.3, -0.25) is 0 Å². The quantitative estimate of drug-likeness (QED) is 0.688. The fourth-order valence-electron chi connectivity index (χ4n) is 2.25. The molecule has 1 heterocycles. The van der Waals surface area contributed by atoms with E-state index >= 15 is 0 Å². The lowest BCUT2D eigenvalue weighted by atomic mass is 10.2. The summed E-state index contributed by atoms with van der Waals surface area (Å²) in [6, 6.07) is 13.7. The molecule has 0 aliphatic carbocycles. The van der Waals surface area contributed by atoms with Crippen molar-refractivity contribution in [3.05, 3.63) is 70.9 Å². The van der Waals surface area contributed by atoms with Crippen LogP contribution in [0.25, 0.3) is 5.69 Å². The molecule has 2 N–H and O–H groups in total. The van der Waals surface area contributed by atoms with Crippen molar-refractivity contribution in [2.24, 2.45) is 5.14 Å². The zero-order valence-electron chi connectivity index (χ0n) is 13.6. The van der Waals surface area contributed by atoms with Gasteiger partial charge in [0, 0.05) is 11.1 Å². The van der Waals surface area contributed by atoms with Crippen LogP contribution in [0.3, 0.4) is 0 Å². The number of nitrogens with two attached hydrogens (primary N) is 1. The van der Waals surface area contributed by atoms with Crippen LogP contribution in [0.15, 0.2) is 59.5 Å². The van der Waals surface area contributed by atoms with E-state index in [-0.39, 0.29) is 16.3 Å². The predicted octanol–water partition coefficient (Wildman–Crippen LogP) is 2.70. The average molecular weight is 392 g/mol. The van der Waals surface area contributed by atoms with Crippen LogP contribution in [0.2, 0.25) is 5.02 Å². The summed E-state index contributed by atoms with van der Waals surface area (Å²) in [4.78, 5) is 12.3. The molecule has 0 amide bonds. The molecule has 3 rings (SSSR count). The molecule has 134 valence electrons. The lowest BCUT2D eigenvalue weighted by molar-refractivity contribution is 0.0723. The molecule has 0 fully saturated rings. The number of carbonyl (C=O) groups is 1. The first-order valence-electron chi connectivity index (χ1n) is 7.42. The number of esters is 1. The lowest BCUT2D eigenvalue weighted by Crippen LogP contribution is -2.14. The number of aromatic nitrogens is 2. The Kier molecular flexibility index (Phi) is 4.82. The van der Waals surface area contributed by atoms with Crippen LogP contribution in [-0.2, 0) is 10.0 Å². The number of nitrogens with zero attached hydrogens (tertiary/aromatic N) is 2. The zero-order chi connectivity index (χ0) is 18.9. The Morgan fingerprint density at radius 2 is 1.73 bits per heavy atom. The normalized spacial score (nSPS) is 11.3. The predicted molar refractivity (Wildman–Crippen MR) is 96.1 cm³/mol. The Morgan fingerprint density at radius 3 is 2.31 bits per heavy atom. The summed E-state index contributed by atoms with van der Waals surface area (Å²) < 4.78 is 29.4. The van der Waals surface area contributed by atoms with Gasteiger partial charge in [0.1, 0.15) is 0 Å². The second kappa shape index (κ2) is 6.91. The summed E-state index contributed by atoms with van der Waals surface area (Å²) in [5.74, 6) is -0.425. The molecule has 9 heteroatoms. The molecule has 0 radical (unpaired) electrons. The fourth-order valence-corrected chi connectivity index (χ4v) is 2.89. The lowest BCUT2D eigenvalue weighted by Gasteiger charge is -2.08. The topological polar surface area (TPSA) is 104 Å². The number of hydrogen-bond acceptors (Lipinski definition) is 5. The number of benzene rings is 2. The summed E-state index contributed by atoms with van der Waals surface area (Å²) in [6.07, 6.45) is 0. The van der Waals surface area contributed by atoms with Crippen LogP contribution < -0.4 is 9.88 Å². The first-order valence-corrected chi connectivity index (χ1v) is 9.34. The molecule has 0 bridgehead atoms. The largest absolute Gasteiger partial charge is 0.404 e. The number of rotatable bonds is 4. The van der Waals surface area contributed by atoms with Crippen molar-refractivity contribution < 1.29 is 17.9 Å². The first kappa shape index (κ1) is 18.1. The van der Waals surface area contributed by atoms with Crippen molar-refractivity contribution in [3.63, 3.8) is 0 Å². The standard InChI is InChI=1S/C17H14ClN3O4S/c1-11-10-16(21(20-11)14-6-4-13(18)5-7-14)25-17(22)12-2-8-15(9-3-12)26(19,23)24/h2-10H,1H3,(H2,19,23,24). The van der Waals surface area contributed by atoms with E-state index in [9.17, 15) is 13.2 Å². The SMILES string of the molecule is Cc1cc(OC(=O)c2ccc(S(N)(=O)=O)cc2)n(-c2ccc(Cl)cc2)n1. The van der Waals surface area contributed by atoms with Crippen molar-refractivity contribution >= 4 is 27.6 Å². The third-order valence-electron chi connectivity index (χ3n) is 3.49. The highest BCUT2D eigenvalue weighted by Gasteiger charge is 2.16. The van der Waals surface area contributed by atoms with Gasteiger partial charge in [-0.25, -0.2) is 23.0 Å². The minimum absolute atomic E-state index is 0.0869. The number of sulfonamides is 1. The summed E-state index contributed by atoms with van der Waals surface area (Å²) in [5, 5.41) is 9.92. The third kappa shape index (κ3) is 3.93. The summed E-state index contributed by atoms with van der Waals surface area (Å²) in [5.41, 5.74) is 1.51. The molecule has 0 aliphatic rings. The number of ether oxygens (including phenoxy) is 1. The highest BCUT2D eigenvalue weighted by Crippen LogP contribution is 2.22. The molecule has 3 aromatic rings. The molecular formula is C17H14ClN3O4S. The van der Waals surface area contributed by atoms with Gasteiger partial charge in [-0.15, -0.1) is 0 Å². The van der Waals surface area contributed by atoms with Crippen molar-refractivity contribution in [1.29, 1.82) is 0 Å². The molecule has 0 atom stereocenters. The van der Waals surface area contributed by atoms with Crippen LogP contribution in [0.5, 0.6) is 5.88 Å². The number of hydrogen-bond donors (Lipinski definition) is 1. The van der Waals surface area contributed by atoms with Gasteiger partial charge in [-0.05, 0) is 55.5 Å². The van der Waals surface area contributed by atoms with Gasteiger partial charge in [-0.2, -0.15) is 5.10 Å². The van der Waals surface area contributed by atoms with E-state index in [1.165, 1.54) is 28.9 Å². The summed E-state index contributed by atoms with van der Waals surface area (Å²) >= 11 is 5.89. The van der Waals surface area contributed by atoms with Crippen molar-refractivity contribution in [1.82, 2.24) is 9.78 Å². The van der Waals surface area contributed by atoms with Crippen LogP contribution in [0.1, 0.15) is 16.1 Å². The van der Waals surface area contributed by atoms with Crippen molar-refractivity contribution in [2.45, 2.75) is 11.8 Å². The molecule has 0 unspecified atom stereocenters. The maximum atomic E-state index is 12.4. The van der Waals surface area contributed by atoms with Gasteiger partial charge >= 0.3 is 5.97 Å². The first-order chi connectivity index (χ1) is 12.2. The second-order valence-corrected chi connectivity index (χ2v) is 7.47. The number of primary sulfonamides is 1. The Balaban J connectivity index is 1.87. The van der Waals surface area contributed by atoms with Gasteiger partial charge in [0.05, 0.1) is 21.8 Å². The Morgan fingerprint density at radius 1 is 1.12 bits per heavy atom. The van der Waals surface area contributed by atoms with Crippen molar-refractivity contribution in [2.75, 3.05) is 0 Å². The van der Waals surface area contributed by atoms with Crippen LogP contribution >= 0.6 is 11.6 Å². The number of carbonyl (C=O) groups excluding carboxylic acids is 1. The van der Waals surface area contributed by atoms with E-state index in [4.69, 9.17) is 21.5 Å². The highest BCUT2D eigenvalue weighted by molar-refractivity contribution is 7.89. The van der Waals surface area contributed by atoms with E-state index in [1.807, 2.05) is 0 Å². The van der Waals surface area contributed by atoms with Gasteiger partial charge < -0.3 is 4.74 Å². The van der Waals surface area contributed by atoms with E-state index in [0.717, 1.165) is 0 Å². The van der Waals surface area contributed by atoms with E-state index < -0.39 is 16.0 Å². The van der Waals surface area contributed by atoms with Crippen LogP contribution in [0, 0.1) is 6.92 Å². The molecule has 0 aliphatic heterocycles. The minimum Gasteiger partial charge on any atom is -0.404 e. The average Bonchev–Trinajstić information content (AvgIpc) is 2.95. The van der Waals surface area contributed by atoms with Gasteiger partial charge in [0.25, 0.3) is 0 Å². The summed E-state index contributed by atoms with van der Waals surface area (Å²) in [6.45, 7) is 1.77. The number of aryl methyl sites for hydroxylation is 1. The van der Waals surface area contributed by atoms with E-state index in [2.05, 4.69) is 5.10 Å². The zero-order valence-corrected chi connectivity index (χ0v) is 15.2. The molecule has 2 aromatic carbocycles. The van der Waals surface area contributed by atoms with Gasteiger partial charge in [0.2, 0.25) is 15.9 Å². The highest BCUT2D eigenvalue weighted by atomic mass is 35.5. The fraction of sp³-hybridized carbons (Fsp3) is 0.0588. The smallest absolute Gasteiger partial charge is 0.344 e. The third-order valence-corrected chi connectivity index (χ3v) is 4.67. The molecule has 7 nitrogen and oxygen atoms in total. The van der Waals surface area contributed by atoms with Crippen LogP contribution in [0.4, 0.5) is 0 Å². The Hall–Kier alpha value is -2.68. The van der Waals surface area contributed by atoms with Gasteiger partial charge in [0.15, 0.2) is 0 Å². The van der Waals surface area contributed by atoms with Crippen molar-refractivity contribution in [3.8, 4) is 11.6 Å². The molecule has 0 saturated heterocycles. The minimum atomic E-state index is -3.82. The second-order valence-electron chi connectivity index (χ2n) is 5.47. The van der Waals surface area contributed by atoms with Gasteiger partial charge in [-0.1, -0.05) is 11.6 Å².